The summed E-state index contributed by atoms with van der Waals surface area (Å²) in [5, 5.41) is 0. The Bertz CT molecular complexity index is 760. The summed E-state index contributed by atoms with van der Waals surface area (Å²) in [6.45, 7) is 2.09. The summed E-state index contributed by atoms with van der Waals surface area (Å²) in [5.74, 6) is 0.604. The van der Waals surface area contributed by atoms with Crippen LogP contribution in [0.15, 0.2) is 47.4 Å². The molecule has 2 aliphatic heterocycles. The van der Waals surface area contributed by atoms with E-state index in [1.54, 1.807) is 12.3 Å². The molecule has 2 saturated heterocycles. The highest BCUT2D eigenvalue weighted by molar-refractivity contribution is 5.94. The van der Waals surface area contributed by atoms with Gasteiger partial charge < -0.3 is 14.2 Å². The van der Waals surface area contributed by atoms with Crippen LogP contribution in [0.25, 0.3) is 0 Å². The van der Waals surface area contributed by atoms with Crippen LogP contribution < -0.4 is 0 Å². The average molecular weight is 353 g/mol. The molecule has 0 radical (unpaired) electrons. The maximum atomic E-state index is 12.6. The van der Waals surface area contributed by atoms with Crippen LogP contribution in [0.1, 0.15) is 35.3 Å². The number of carbonyl (C=O) groups excluding carboxylic acids is 2. The minimum atomic E-state index is 0.0223. The molecule has 2 atom stereocenters. The van der Waals surface area contributed by atoms with E-state index in [9.17, 15) is 9.59 Å². The Hall–Kier alpha value is -2.63. The largest absolute Gasteiger partial charge is 0.472 e. The van der Waals surface area contributed by atoms with Gasteiger partial charge in [0, 0.05) is 50.4 Å². The Morgan fingerprint density at radius 1 is 1.27 bits per heavy atom. The van der Waals surface area contributed by atoms with Crippen molar-refractivity contribution in [3.63, 3.8) is 0 Å². The van der Waals surface area contributed by atoms with Crippen LogP contribution in [-0.4, -0.2) is 52.3 Å². The standard InChI is InChI=1S/C20H23N3O3/c24-19-5-4-15-13-22(20(25)16-8-12-26-14-16)10-7-18(15)23(19)11-6-17-3-1-2-9-21-17/h1-3,8-9,12,14-15,18H,4-7,10-11,13H2/t15-,18+/m0/s1. The predicted octanol–water partition coefficient (Wildman–Crippen LogP) is 2.37. The van der Waals surface area contributed by atoms with E-state index in [2.05, 4.69) is 4.98 Å². The molecule has 0 bridgehead atoms. The topological polar surface area (TPSA) is 66.7 Å². The van der Waals surface area contributed by atoms with Crippen molar-refractivity contribution in [3.05, 3.63) is 54.2 Å². The molecule has 2 aromatic rings. The van der Waals surface area contributed by atoms with Gasteiger partial charge >= 0.3 is 0 Å². The highest BCUT2D eigenvalue weighted by Gasteiger charge is 2.40. The Morgan fingerprint density at radius 2 is 2.19 bits per heavy atom. The molecule has 0 N–H and O–H groups in total. The second kappa shape index (κ2) is 7.32. The van der Waals surface area contributed by atoms with Gasteiger partial charge in [-0.25, -0.2) is 0 Å². The summed E-state index contributed by atoms with van der Waals surface area (Å²) in [5.41, 5.74) is 1.61. The van der Waals surface area contributed by atoms with E-state index >= 15 is 0 Å². The highest BCUT2D eigenvalue weighted by atomic mass is 16.3. The number of rotatable bonds is 4. The Kier molecular flexibility index (Phi) is 4.73. The average Bonchev–Trinajstić information content (AvgIpc) is 3.22. The van der Waals surface area contributed by atoms with Crippen molar-refractivity contribution in [2.75, 3.05) is 19.6 Å². The molecule has 2 amide bonds. The molecule has 0 aliphatic carbocycles. The van der Waals surface area contributed by atoms with E-state index in [4.69, 9.17) is 4.42 Å². The number of fused-ring (bicyclic) bond motifs is 1. The van der Waals surface area contributed by atoms with E-state index in [1.807, 2.05) is 28.0 Å². The summed E-state index contributed by atoms with van der Waals surface area (Å²) >= 11 is 0. The van der Waals surface area contributed by atoms with Gasteiger partial charge in [-0.15, -0.1) is 0 Å². The Morgan fingerprint density at radius 3 is 2.96 bits per heavy atom. The maximum Gasteiger partial charge on any atom is 0.257 e. The van der Waals surface area contributed by atoms with E-state index in [1.165, 1.54) is 12.5 Å². The first-order valence-corrected chi connectivity index (χ1v) is 9.23. The van der Waals surface area contributed by atoms with Gasteiger partial charge in [0.25, 0.3) is 5.91 Å². The van der Waals surface area contributed by atoms with Crippen molar-refractivity contribution in [1.82, 2.24) is 14.8 Å². The molecule has 0 saturated carbocycles. The molecule has 0 unspecified atom stereocenters. The first-order chi connectivity index (χ1) is 12.7. The van der Waals surface area contributed by atoms with Crippen LogP contribution >= 0.6 is 0 Å². The lowest BCUT2D eigenvalue weighted by molar-refractivity contribution is -0.140. The van der Waals surface area contributed by atoms with Gasteiger partial charge in [0.2, 0.25) is 5.91 Å². The number of hydrogen-bond acceptors (Lipinski definition) is 4. The molecule has 0 spiro atoms. The van der Waals surface area contributed by atoms with Gasteiger partial charge in [-0.1, -0.05) is 6.07 Å². The van der Waals surface area contributed by atoms with Gasteiger partial charge in [0.05, 0.1) is 11.8 Å². The smallest absolute Gasteiger partial charge is 0.257 e. The fourth-order valence-corrected chi connectivity index (χ4v) is 4.18. The molecule has 26 heavy (non-hydrogen) atoms. The monoisotopic (exact) mass is 353 g/mol. The number of likely N-dealkylation sites (tertiary alicyclic amines) is 2. The van der Waals surface area contributed by atoms with E-state index < -0.39 is 0 Å². The molecule has 6 heteroatoms. The molecule has 0 aromatic carbocycles. The molecule has 2 fully saturated rings. The summed E-state index contributed by atoms with van der Waals surface area (Å²) < 4.78 is 5.03. The van der Waals surface area contributed by atoms with Gasteiger partial charge in [0.1, 0.15) is 6.26 Å². The molecule has 6 nitrogen and oxygen atoms in total. The number of nitrogens with zero attached hydrogens (tertiary/aromatic N) is 3. The minimum absolute atomic E-state index is 0.0223. The van der Waals surface area contributed by atoms with Crippen molar-refractivity contribution >= 4 is 11.8 Å². The van der Waals surface area contributed by atoms with Gasteiger partial charge in [-0.2, -0.15) is 0 Å². The summed E-state index contributed by atoms with van der Waals surface area (Å²) in [6.07, 6.45) is 7.85. The molecule has 4 rings (SSSR count). The lowest BCUT2D eigenvalue weighted by Gasteiger charge is -2.47. The number of aromatic nitrogens is 1. The molecule has 2 aliphatic rings. The number of amides is 2. The zero-order chi connectivity index (χ0) is 17.9. The molecule has 2 aromatic heterocycles. The third-order valence-electron chi connectivity index (χ3n) is 5.53. The Balaban J connectivity index is 1.41. The van der Waals surface area contributed by atoms with Crippen LogP contribution in [0, 0.1) is 5.92 Å². The van der Waals surface area contributed by atoms with Crippen molar-refractivity contribution < 1.29 is 14.0 Å². The summed E-state index contributed by atoms with van der Waals surface area (Å²) in [4.78, 5) is 33.3. The second-order valence-corrected chi connectivity index (χ2v) is 7.08. The van der Waals surface area contributed by atoms with Crippen LogP contribution in [0.2, 0.25) is 0 Å². The van der Waals surface area contributed by atoms with Crippen molar-refractivity contribution in [2.24, 2.45) is 5.92 Å². The normalized spacial score (nSPS) is 23.0. The van der Waals surface area contributed by atoms with Crippen LogP contribution in [0.4, 0.5) is 0 Å². The lowest BCUT2D eigenvalue weighted by Crippen LogP contribution is -2.57. The van der Waals surface area contributed by atoms with Gasteiger partial charge in [0.15, 0.2) is 0 Å². The quantitative estimate of drug-likeness (QED) is 0.846. The summed E-state index contributed by atoms with van der Waals surface area (Å²) in [7, 11) is 0. The number of furan rings is 1. The van der Waals surface area contributed by atoms with Crippen molar-refractivity contribution in [2.45, 2.75) is 31.7 Å². The van der Waals surface area contributed by atoms with Crippen LogP contribution in [-0.2, 0) is 11.2 Å². The first kappa shape index (κ1) is 16.8. The number of piperidine rings is 2. The maximum absolute atomic E-state index is 12.6. The molecule has 4 heterocycles. The zero-order valence-corrected chi connectivity index (χ0v) is 14.7. The van der Waals surface area contributed by atoms with Gasteiger partial charge in [-0.05, 0) is 37.0 Å². The number of pyridine rings is 1. The fourth-order valence-electron chi connectivity index (χ4n) is 4.18. The zero-order valence-electron chi connectivity index (χ0n) is 14.7. The molecular formula is C20H23N3O3. The third-order valence-corrected chi connectivity index (χ3v) is 5.53. The van der Waals surface area contributed by atoms with E-state index in [0.29, 0.717) is 37.5 Å². The SMILES string of the molecule is O=C(c1ccoc1)N1CC[C@@H]2[C@@H](CCC(=O)N2CCc2ccccn2)C1. The number of hydrogen-bond donors (Lipinski definition) is 0. The fraction of sp³-hybridized carbons (Fsp3) is 0.450. The van der Waals surface area contributed by atoms with Crippen molar-refractivity contribution in [1.29, 1.82) is 0 Å². The minimum Gasteiger partial charge on any atom is -0.472 e. The third kappa shape index (κ3) is 3.36. The molecule has 136 valence electrons. The highest BCUT2D eigenvalue weighted by Crippen LogP contribution is 2.32. The second-order valence-electron chi connectivity index (χ2n) is 7.08. The first-order valence-electron chi connectivity index (χ1n) is 9.23. The van der Waals surface area contributed by atoms with Crippen LogP contribution in [0.3, 0.4) is 0 Å². The van der Waals surface area contributed by atoms with Crippen molar-refractivity contribution in [3.8, 4) is 0 Å². The van der Waals surface area contributed by atoms with Gasteiger partial charge in [-0.3, -0.25) is 14.6 Å². The predicted molar refractivity (Wildman–Crippen MR) is 95.4 cm³/mol. The van der Waals surface area contributed by atoms with Crippen LogP contribution in [0.5, 0.6) is 0 Å². The molecular weight excluding hydrogens is 330 g/mol. The van der Waals surface area contributed by atoms with E-state index in [-0.39, 0.29) is 17.9 Å². The summed E-state index contributed by atoms with van der Waals surface area (Å²) in [6, 6.07) is 7.81. The number of carbonyl (C=O) groups is 2. The Labute approximate surface area is 152 Å². The van der Waals surface area contributed by atoms with E-state index in [0.717, 1.165) is 25.0 Å². The lowest BCUT2D eigenvalue weighted by atomic mass is 9.83.